The molecule has 158 valence electrons. The second-order valence-corrected chi connectivity index (χ2v) is 8.10. The van der Waals surface area contributed by atoms with Crippen molar-refractivity contribution in [2.45, 2.75) is 44.7 Å². The molecular weight excluding hydrogens is 393 g/mol. The number of hydrogen-bond acceptors (Lipinski definition) is 6. The Balaban J connectivity index is 1.51. The van der Waals surface area contributed by atoms with Crippen molar-refractivity contribution in [2.75, 3.05) is 5.32 Å². The van der Waals surface area contributed by atoms with Gasteiger partial charge in [0.1, 0.15) is 17.2 Å². The average molecular weight is 417 g/mol. The molecule has 31 heavy (non-hydrogen) atoms. The Kier molecular flexibility index (Phi) is 5.07. The van der Waals surface area contributed by atoms with Crippen molar-refractivity contribution < 1.29 is 4.39 Å². The van der Waals surface area contributed by atoms with E-state index >= 15 is 0 Å². The number of rotatable bonds is 4. The van der Waals surface area contributed by atoms with Crippen LogP contribution in [0.15, 0.2) is 49.1 Å². The van der Waals surface area contributed by atoms with E-state index in [0.29, 0.717) is 29.3 Å². The third kappa shape index (κ3) is 3.86. The van der Waals surface area contributed by atoms with Crippen LogP contribution in [0.3, 0.4) is 0 Å². The Morgan fingerprint density at radius 1 is 1.03 bits per heavy atom. The summed E-state index contributed by atoms with van der Waals surface area (Å²) in [7, 11) is 0. The Labute approximate surface area is 179 Å². The van der Waals surface area contributed by atoms with E-state index in [1.807, 2.05) is 35.9 Å². The Morgan fingerprint density at radius 2 is 1.87 bits per heavy atom. The molecule has 1 fully saturated rings. The summed E-state index contributed by atoms with van der Waals surface area (Å²) >= 11 is 0. The van der Waals surface area contributed by atoms with Crippen LogP contribution in [-0.2, 0) is 0 Å². The molecule has 4 aromatic heterocycles. The van der Waals surface area contributed by atoms with Gasteiger partial charge in [0, 0.05) is 36.2 Å². The number of halogens is 1. The van der Waals surface area contributed by atoms with Gasteiger partial charge in [-0.3, -0.25) is 9.38 Å². The van der Waals surface area contributed by atoms with Crippen LogP contribution < -0.4 is 11.1 Å². The number of nitrogens with two attached hydrogens (primary N) is 1. The van der Waals surface area contributed by atoms with Crippen LogP contribution in [0.1, 0.15) is 31.2 Å². The maximum Gasteiger partial charge on any atom is 0.223 e. The van der Waals surface area contributed by atoms with Gasteiger partial charge in [0.15, 0.2) is 0 Å². The van der Waals surface area contributed by atoms with Gasteiger partial charge in [-0.05, 0) is 62.4 Å². The number of imidazole rings is 1. The molecule has 8 heteroatoms. The van der Waals surface area contributed by atoms with Gasteiger partial charge in [0.25, 0.3) is 0 Å². The maximum absolute atomic E-state index is 14.3. The molecule has 0 amide bonds. The molecule has 1 aliphatic rings. The largest absolute Gasteiger partial charge is 0.351 e. The molecule has 7 nitrogen and oxygen atoms in total. The summed E-state index contributed by atoms with van der Waals surface area (Å²) in [6, 6.07) is 7.30. The van der Waals surface area contributed by atoms with Crippen molar-refractivity contribution in [1.29, 1.82) is 0 Å². The molecule has 0 radical (unpaired) electrons. The summed E-state index contributed by atoms with van der Waals surface area (Å²) in [6.45, 7) is 1.97. The number of nitrogens with one attached hydrogen (secondary N) is 1. The van der Waals surface area contributed by atoms with Crippen LogP contribution in [0.25, 0.3) is 28.3 Å². The van der Waals surface area contributed by atoms with Crippen LogP contribution in [0.4, 0.5) is 10.3 Å². The molecular formula is C23H24FN7. The van der Waals surface area contributed by atoms with Crippen molar-refractivity contribution in [1.82, 2.24) is 24.3 Å². The van der Waals surface area contributed by atoms with Crippen molar-refractivity contribution >= 4 is 11.6 Å². The number of anilines is 1. The van der Waals surface area contributed by atoms with Crippen molar-refractivity contribution in [3.63, 3.8) is 0 Å². The lowest BCUT2D eigenvalue weighted by Gasteiger charge is -2.26. The smallest absolute Gasteiger partial charge is 0.223 e. The summed E-state index contributed by atoms with van der Waals surface area (Å²) in [6.07, 6.45) is 11.1. The summed E-state index contributed by atoms with van der Waals surface area (Å²) < 4.78 is 16.2. The first kappa shape index (κ1) is 19.6. The summed E-state index contributed by atoms with van der Waals surface area (Å²) in [5, 5.41) is 3.46. The number of pyridine rings is 2. The minimum absolute atomic E-state index is 0.295. The fraction of sp³-hybridized carbons (Fsp3) is 0.304. The minimum atomic E-state index is -0.361. The zero-order chi connectivity index (χ0) is 21.4. The first-order valence-electron chi connectivity index (χ1n) is 10.5. The lowest BCUT2D eigenvalue weighted by Crippen LogP contribution is -2.33. The summed E-state index contributed by atoms with van der Waals surface area (Å²) in [5.74, 6) is 0.239. The molecule has 4 heterocycles. The normalized spacial score (nSPS) is 18.9. The molecule has 0 aliphatic heterocycles. The van der Waals surface area contributed by atoms with E-state index in [2.05, 4.69) is 20.3 Å². The third-order valence-corrected chi connectivity index (χ3v) is 5.86. The van der Waals surface area contributed by atoms with Gasteiger partial charge >= 0.3 is 0 Å². The Morgan fingerprint density at radius 3 is 2.68 bits per heavy atom. The number of hydrogen-bond donors (Lipinski definition) is 2. The predicted molar refractivity (Wildman–Crippen MR) is 118 cm³/mol. The third-order valence-electron chi connectivity index (χ3n) is 5.86. The fourth-order valence-electron chi connectivity index (χ4n) is 4.11. The number of fused-ring (bicyclic) bond motifs is 1. The van der Waals surface area contributed by atoms with E-state index in [-0.39, 0.29) is 5.82 Å². The SMILES string of the molecule is Cc1cnc(N[C@H]2CC[C@H](N)CC2)nc1-c1cnc2ccc(-c3ncccc3F)cn12. The molecule has 1 saturated carbocycles. The topological polar surface area (TPSA) is 94.0 Å². The van der Waals surface area contributed by atoms with E-state index in [1.165, 1.54) is 6.07 Å². The molecule has 3 N–H and O–H groups in total. The number of nitrogens with zero attached hydrogens (tertiary/aromatic N) is 5. The Hall–Kier alpha value is -3.39. The van der Waals surface area contributed by atoms with Crippen LogP contribution in [0, 0.1) is 12.7 Å². The molecule has 0 unspecified atom stereocenters. The zero-order valence-corrected chi connectivity index (χ0v) is 17.3. The lowest BCUT2D eigenvalue weighted by atomic mass is 9.92. The van der Waals surface area contributed by atoms with Gasteiger partial charge in [-0.25, -0.2) is 19.3 Å². The zero-order valence-electron chi connectivity index (χ0n) is 17.3. The standard InChI is InChI=1S/C23H24FN7/c1-14-11-28-23(29-17-7-5-16(25)6-8-17)30-21(14)19-12-27-20-9-4-15(13-31(19)20)22-18(24)3-2-10-26-22/h2-4,9-13,16-17H,5-8,25H2,1H3,(H,28,29,30)/t16-,17-. The lowest BCUT2D eigenvalue weighted by molar-refractivity contribution is 0.410. The second-order valence-electron chi connectivity index (χ2n) is 8.10. The van der Waals surface area contributed by atoms with Crippen molar-refractivity contribution in [3.05, 3.63) is 60.4 Å². The van der Waals surface area contributed by atoms with Gasteiger partial charge < -0.3 is 11.1 Å². The average Bonchev–Trinajstić information content (AvgIpc) is 3.20. The molecule has 0 bridgehead atoms. The van der Waals surface area contributed by atoms with Gasteiger partial charge in [-0.1, -0.05) is 0 Å². The van der Waals surface area contributed by atoms with Crippen LogP contribution >= 0.6 is 0 Å². The quantitative estimate of drug-likeness (QED) is 0.522. The van der Waals surface area contributed by atoms with Gasteiger partial charge in [0.05, 0.1) is 17.6 Å². The van der Waals surface area contributed by atoms with Gasteiger partial charge in [0.2, 0.25) is 5.95 Å². The molecule has 5 rings (SSSR count). The molecule has 0 spiro atoms. The highest BCUT2D eigenvalue weighted by Gasteiger charge is 2.20. The van der Waals surface area contributed by atoms with Crippen LogP contribution in [-0.4, -0.2) is 36.4 Å². The van der Waals surface area contributed by atoms with E-state index in [0.717, 1.165) is 48.3 Å². The predicted octanol–water partition coefficient (Wildman–Crippen LogP) is 3.98. The van der Waals surface area contributed by atoms with Crippen LogP contribution in [0.5, 0.6) is 0 Å². The highest BCUT2D eigenvalue weighted by molar-refractivity contribution is 5.68. The maximum atomic E-state index is 14.3. The van der Waals surface area contributed by atoms with E-state index in [1.54, 1.807) is 18.5 Å². The summed E-state index contributed by atoms with van der Waals surface area (Å²) in [4.78, 5) is 18.0. The van der Waals surface area contributed by atoms with Gasteiger partial charge in [-0.15, -0.1) is 0 Å². The molecule has 0 saturated heterocycles. The van der Waals surface area contributed by atoms with Crippen molar-refractivity contribution in [2.24, 2.45) is 5.73 Å². The van der Waals surface area contributed by atoms with E-state index in [4.69, 9.17) is 10.7 Å². The minimum Gasteiger partial charge on any atom is -0.351 e. The van der Waals surface area contributed by atoms with Gasteiger partial charge in [-0.2, -0.15) is 0 Å². The first-order valence-corrected chi connectivity index (χ1v) is 10.5. The molecule has 1 aliphatic carbocycles. The molecule has 0 aromatic carbocycles. The first-order chi connectivity index (χ1) is 15.1. The van der Waals surface area contributed by atoms with Crippen molar-refractivity contribution in [3.8, 4) is 22.6 Å². The number of aromatic nitrogens is 5. The van der Waals surface area contributed by atoms with E-state index in [9.17, 15) is 4.39 Å². The van der Waals surface area contributed by atoms with Crippen LogP contribution in [0.2, 0.25) is 0 Å². The van der Waals surface area contributed by atoms with E-state index < -0.39 is 0 Å². The Bertz CT molecular complexity index is 1230. The summed E-state index contributed by atoms with van der Waals surface area (Å²) in [5.41, 5.74) is 10.3. The fourth-order valence-corrected chi connectivity index (χ4v) is 4.11. The highest BCUT2D eigenvalue weighted by atomic mass is 19.1. The second kappa shape index (κ2) is 8.03. The molecule has 4 aromatic rings. The number of aryl methyl sites for hydroxylation is 1. The monoisotopic (exact) mass is 417 g/mol. The highest BCUT2D eigenvalue weighted by Crippen LogP contribution is 2.27. The molecule has 0 atom stereocenters.